The van der Waals surface area contributed by atoms with Crippen molar-refractivity contribution in [3.63, 3.8) is 0 Å². The molecule has 110 valence electrons. The minimum absolute atomic E-state index is 0.285. The fourth-order valence-electron chi connectivity index (χ4n) is 1.83. The fraction of sp³-hybridized carbons (Fsp3) is 0.188. The van der Waals surface area contributed by atoms with E-state index in [4.69, 9.17) is 10.5 Å². The number of amides is 1. The molecule has 0 aromatic heterocycles. The molecule has 0 bridgehead atoms. The van der Waals surface area contributed by atoms with Gasteiger partial charge in [-0.2, -0.15) is 0 Å². The molecule has 1 atom stereocenters. The van der Waals surface area contributed by atoms with Crippen LogP contribution < -0.4 is 15.8 Å². The summed E-state index contributed by atoms with van der Waals surface area (Å²) in [6, 6.07) is 10.8. The van der Waals surface area contributed by atoms with Crippen LogP contribution in [-0.4, -0.2) is 12.0 Å². The summed E-state index contributed by atoms with van der Waals surface area (Å²) in [4.78, 5) is 12.1. The lowest BCUT2D eigenvalue weighted by Crippen LogP contribution is -2.30. The molecule has 0 heterocycles. The van der Waals surface area contributed by atoms with Crippen LogP contribution in [0.4, 0.5) is 15.8 Å². The topological polar surface area (TPSA) is 64.3 Å². The number of carbonyl (C=O) groups is 1. The van der Waals surface area contributed by atoms with E-state index in [0.717, 1.165) is 5.56 Å². The second-order valence-corrected chi connectivity index (χ2v) is 4.78. The van der Waals surface area contributed by atoms with Crippen LogP contribution in [0.15, 0.2) is 42.5 Å². The molecule has 2 rings (SSSR count). The van der Waals surface area contributed by atoms with Crippen molar-refractivity contribution in [1.82, 2.24) is 0 Å². The largest absolute Gasteiger partial charge is 0.481 e. The van der Waals surface area contributed by atoms with Gasteiger partial charge in [-0.15, -0.1) is 0 Å². The van der Waals surface area contributed by atoms with Crippen molar-refractivity contribution in [1.29, 1.82) is 0 Å². The second kappa shape index (κ2) is 6.26. The van der Waals surface area contributed by atoms with Gasteiger partial charge in [0, 0.05) is 11.4 Å². The minimum atomic E-state index is -0.701. The minimum Gasteiger partial charge on any atom is -0.481 e. The number of anilines is 2. The normalized spacial score (nSPS) is 11.8. The quantitative estimate of drug-likeness (QED) is 0.850. The fourth-order valence-corrected chi connectivity index (χ4v) is 1.83. The predicted molar refractivity (Wildman–Crippen MR) is 80.7 cm³/mol. The van der Waals surface area contributed by atoms with Gasteiger partial charge in [0.05, 0.1) is 0 Å². The Kier molecular flexibility index (Phi) is 4.42. The third kappa shape index (κ3) is 3.95. The number of halogens is 1. The van der Waals surface area contributed by atoms with Crippen LogP contribution in [0.2, 0.25) is 0 Å². The Morgan fingerprint density at radius 3 is 2.52 bits per heavy atom. The number of aryl methyl sites for hydroxylation is 1. The highest BCUT2D eigenvalue weighted by Crippen LogP contribution is 2.19. The van der Waals surface area contributed by atoms with Crippen molar-refractivity contribution < 1.29 is 13.9 Å². The number of nitrogen functional groups attached to an aromatic ring is 1. The molecule has 0 radical (unpaired) electrons. The molecule has 0 aliphatic rings. The second-order valence-electron chi connectivity index (χ2n) is 4.78. The Hall–Kier alpha value is -2.56. The molecule has 5 heteroatoms. The Morgan fingerprint density at radius 2 is 1.90 bits per heavy atom. The molecule has 0 saturated carbocycles. The van der Waals surface area contributed by atoms with Gasteiger partial charge in [0.25, 0.3) is 5.91 Å². The highest BCUT2D eigenvalue weighted by atomic mass is 19.1. The lowest BCUT2D eigenvalue weighted by Gasteiger charge is -2.16. The first-order valence-corrected chi connectivity index (χ1v) is 6.55. The van der Waals surface area contributed by atoms with Crippen LogP contribution >= 0.6 is 0 Å². The number of carbonyl (C=O) groups excluding carboxylic acids is 1. The monoisotopic (exact) mass is 288 g/mol. The molecule has 4 nitrogen and oxygen atoms in total. The molecule has 1 amide bonds. The Balaban J connectivity index is 2.00. The van der Waals surface area contributed by atoms with Gasteiger partial charge < -0.3 is 15.8 Å². The van der Waals surface area contributed by atoms with Crippen LogP contribution in [0.3, 0.4) is 0 Å². The molecular formula is C16H17FN2O2. The molecule has 3 N–H and O–H groups in total. The number of benzene rings is 2. The average molecular weight is 288 g/mol. The van der Waals surface area contributed by atoms with E-state index in [1.807, 2.05) is 6.92 Å². The lowest BCUT2D eigenvalue weighted by atomic mass is 10.1. The molecule has 0 aliphatic heterocycles. The van der Waals surface area contributed by atoms with Gasteiger partial charge in [-0.25, -0.2) is 4.39 Å². The summed E-state index contributed by atoms with van der Waals surface area (Å²) in [5.74, 6) is -0.197. The van der Waals surface area contributed by atoms with E-state index >= 15 is 0 Å². The summed E-state index contributed by atoms with van der Waals surface area (Å²) in [5, 5.41) is 2.78. The summed E-state index contributed by atoms with van der Waals surface area (Å²) < 4.78 is 18.3. The van der Waals surface area contributed by atoms with Gasteiger partial charge in [0.1, 0.15) is 11.6 Å². The van der Waals surface area contributed by atoms with Crippen molar-refractivity contribution in [2.75, 3.05) is 11.1 Å². The molecule has 0 aliphatic carbocycles. The van der Waals surface area contributed by atoms with Gasteiger partial charge in [-0.3, -0.25) is 4.79 Å². The van der Waals surface area contributed by atoms with E-state index in [0.29, 0.717) is 17.1 Å². The van der Waals surface area contributed by atoms with Gasteiger partial charge in [0.15, 0.2) is 6.10 Å². The maximum Gasteiger partial charge on any atom is 0.265 e. The number of hydrogen-bond donors (Lipinski definition) is 2. The van der Waals surface area contributed by atoms with Crippen LogP contribution in [-0.2, 0) is 4.79 Å². The maximum absolute atomic E-state index is 12.8. The van der Waals surface area contributed by atoms with E-state index < -0.39 is 6.10 Å². The first-order chi connectivity index (χ1) is 9.95. The molecule has 0 fully saturated rings. The number of ether oxygens (including phenoxy) is 1. The van der Waals surface area contributed by atoms with Crippen LogP contribution in [0.5, 0.6) is 5.75 Å². The van der Waals surface area contributed by atoms with Crippen LogP contribution in [0.25, 0.3) is 0 Å². The lowest BCUT2D eigenvalue weighted by molar-refractivity contribution is -0.122. The summed E-state index contributed by atoms with van der Waals surface area (Å²) >= 11 is 0. The van der Waals surface area contributed by atoms with Crippen LogP contribution in [0.1, 0.15) is 12.5 Å². The number of nitrogens with one attached hydrogen (secondary N) is 1. The van der Waals surface area contributed by atoms with Crippen molar-refractivity contribution in [2.45, 2.75) is 20.0 Å². The highest BCUT2D eigenvalue weighted by Gasteiger charge is 2.15. The molecule has 1 unspecified atom stereocenters. The summed E-state index contributed by atoms with van der Waals surface area (Å²) in [6.45, 7) is 3.49. The summed E-state index contributed by atoms with van der Waals surface area (Å²) in [7, 11) is 0. The zero-order chi connectivity index (χ0) is 15.4. The number of rotatable bonds is 4. The number of hydrogen-bond acceptors (Lipinski definition) is 3. The number of nitrogens with two attached hydrogens (primary N) is 1. The van der Waals surface area contributed by atoms with Gasteiger partial charge in [-0.1, -0.05) is 0 Å². The third-order valence-corrected chi connectivity index (χ3v) is 3.00. The van der Waals surface area contributed by atoms with Crippen LogP contribution in [0, 0.1) is 12.7 Å². The molecule has 2 aromatic rings. The van der Waals surface area contributed by atoms with E-state index in [-0.39, 0.29) is 11.7 Å². The first-order valence-electron chi connectivity index (χ1n) is 6.55. The van der Waals surface area contributed by atoms with Gasteiger partial charge in [-0.05, 0) is 61.9 Å². The van der Waals surface area contributed by atoms with Crippen molar-refractivity contribution in [3.05, 3.63) is 53.8 Å². The molecule has 21 heavy (non-hydrogen) atoms. The smallest absolute Gasteiger partial charge is 0.265 e. The Morgan fingerprint density at radius 1 is 1.24 bits per heavy atom. The van der Waals surface area contributed by atoms with Gasteiger partial charge >= 0.3 is 0 Å². The van der Waals surface area contributed by atoms with Crippen molar-refractivity contribution >= 4 is 17.3 Å². The van der Waals surface area contributed by atoms with Crippen molar-refractivity contribution in [3.8, 4) is 5.75 Å². The molecular weight excluding hydrogens is 271 g/mol. The first kappa shape index (κ1) is 14.8. The Labute approximate surface area is 122 Å². The van der Waals surface area contributed by atoms with E-state index in [9.17, 15) is 9.18 Å². The van der Waals surface area contributed by atoms with E-state index in [2.05, 4.69) is 5.32 Å². The highest BCUT2D eigenvalue weighted by molar-refractivity contribution is 5.94. The predicted octanol–water partition coefficient (Wildman–Crippen LogP) is 3.12. The summed E-state index contributed by atoms with van der Waals surface area (Å²) in [5.41, 5.74) is 7.86. The zero-order valence-electron chi connectivity index (χ0n) is 11.9. The van der Waals surface area contributed by atoms with Gasteiger partial charge in [0.2, 0.25) is 0 Å². The molecule has 0 spiro atoms. The van der Waals surface area contributed by atoms with Crippen molar-refractivity contribution in [2.24, 2.45) is 0 Å². The SMILES string of the molecule is Cc1cc(N)ccc1NC(=O)C(C)Oc1ccc(F)cc1. The van der Waals surface area contributed by atoms with E-state index in [1.54, 1.807) is 25.1 Å². The zero-order valence-corrected chi connectivity index (χ0v) is 11.9. The standard InChI is InChI=1S/C16H17FN2O2/c1-10-9-13(18)5-8-15(10)19-16(20)11(2)21-14-6-3-12(17)4-7-14/h3-9,11H,18H2,1-2H3,(H,19,20). The average Bonchev–Trinajstić information content (AvgIpc) is 2.44. The van der Waals surface area contributed by atoms with E-state index in [1.165, 1.54) is 24.3 Å². The third-order valence-electron chi connectivity index (χ3n) is 3.00. The Bertz CT molecular complexity index is 641. The molecule has 2 aromatic carbocycles. The molecule has 0 saturated heterocycles. The maximum atomic E-state index is 12.8. The summed E-state index contributed by atoms with van der Waals surface area (Å²) in [6.07, 6.45) is -0.701.